The molecular formula is C16H8F16. The van der Waals surface area contributed by atoms with Gasteiger partial charge in [0.2, 0.25) is 0 Å². The molecule has 0 saturated heterocycles. The molecule has 0 radical (unpaired) electrons. The Hall–Kier alpha value is -1.12. The zero-order chi connectivity index (χ0) is 24.6. The van der Waals surface area contributed by atoms with Crippen LogP contribution in [0.1, 0.15) is 0 Å². The van der Waals surface area contributed by atoms with Crippen molar-refractivity contribution in [3.05, 3.63) is 0 Å². The molecule has 0 aliphatic heterocycles. The fourth-order valence-corrected chi connectivity index (χ4v) is 6.79. The van der Waals surface area contributed by atoms with Gasteiger partial charge in [0.25, 0.3) is 0 Å². The fourth-order valence-electron chi connectivity index (χ4n) is 6.79. The first-order valence-electron chi connectivity index (χ1n) is 9.00. The molecule has 5 fully saturated rings. The van der Waals surface area contributed by atoms with E-state index in [1.165, 1.54) is 0 Å². The van der Waals surface area contributed by atoms with Crippen LogP contribution in [0, 0.1) is 47.3 Å². The van der Waals surface area contributed by atoms with Crippen LogP contribution in [0.25, 0.3) is 0 Å². The Balaban J connectivity index is 1.77. The molecule has 184 valence electrons. The van der Waals surface area contributed by atoms with Crippen LogP contribution in [0.5, 0.6) is 0 Å². The van der Waals surface area contributed by atoms with Crippen LogP contribution in [0.15, 0.2) is 0 Å². The number of rotatable bonds is 0. The van der Waals surface area contributed by atoms with Gasteiger partial charge in [-0.1, -0.05) is 0 Å². The van der Waals surface area contributed by atoms with E-state index in [9.17, 15) is 70.2 Å². The van der Waals surface area contributed by atoms with Crippen molar-refractivity contribution in [1.29, 1.82) is 0 Å². The molecule has 0 spiro atoms. The second-order valence-corrected chi connectivity index (χ2v) is 9.19. The number of hydrogen-bond donors (Lipinski definition) is 0. The predicted octanol–water partition coefficient (Wildman–Crippen LogP) is 6.07. The zero-order valence-electron chi connectivity index (χ0n) is 14.7. The Kier molecular flexibility index (Phi) is 3.51. The maximum atomic E-state index is 14.1. The average Bonchev–Trinajstić information content (AvgIpc) is 2.59. The van der Waals surface area contributed by atoms with Gasteiger partial charge in [-0.25, -0.2) is 0 Å². The summed E-state index contributed by atoms with van der Waals surface area (Å²) in [5.74, 6) is -76.6. The first-order chi connectivity index (χ1) is 14.0. The molecule has 0 aromatic carbocycles. The van der Waals surface area contributed by atoms with Gasteiger partial charge < -0.3 is 0 Å². The highest BCUT2D eigenvalue weighted by atomic mass is 19.3. The quantitative estimate of drug-likeness (QED) is 0.278. The van der Waals surface area contributed by atoms with Gasteiger partial charge in [-0.15, -0.1) is 0 Å². The molecule has 0 N–H and O–H groups in total. The van der Waals surface area contributed by atoms with Crippen LogP contribution in [0.3, 0.4) is 0 Å². The molecule has 0 aromatic rings. The molecule has 0 unspecified atom stereocenters. The third-order valence-electron chi connectivity index (χ3n) is 8.22. The van der Waals surface area contributed by atoms with Gasteiger partial charge in [-0.2, -0.15) is 70.2 Å². The van der Waals surface area contributed by atoms with E-state index in [0.29, 0.717) is 0 Å². The predicted molar refractivity (Wildman–Crippen MR) is 67.5 cm³/mol. The second kappa shape index (κ2) is 4.96. The van der Waals surface area contributed by atoms with E-state index in [-0.39, 0.29) is 0 Å². The van der Waals surface area contributed by atoms with E-state index in [4.69, 9.17) is 0 Å². The van der Waals surface area contributed by atoms with E-state index in [1.807, 2.05) is 0 Å². The summed E-state index contributed by atoms with van der Waals surface area (Å²) in [4.78, 5) is 0. The van der Waals surface area contributed by atoms with E-state index < -0.39 is 94.7 Å². The fraction of sp³-hybridized carbons (Fsp3) is 1.00. The van der Waals surface area contributed by atoms with Gasteiger partial charge in [0.05, 0.1) is 0 Å². The largest absolute Gasteiger partial charge is 0.314 e. The molecule has 5 saturated carbocycles. The van der Waals surface area contributed by atoms with Crippen molar-refractivity contribution in [2.45, 2.75) is 47.4 Å². The lowest BCUT2D eigenvalue weighted by Gasteiger charge is -2.74. The van der Waals surface area contributed by atoms with Crippen LogP contribution in [-0.4, -0.2) is 47.4 Å². The van der Waals surface area contributed by atoms with Crippen LogP contribution in [0.2, 0.25) is 0 Å². The SMILES string of the molecule is FC1(F)C2C(C3C(C4C(C5C2C(F)(F)C5(F)F)C(F)(F)C4(F)F)C(F)(F)C3(F)F)C1(F)F. The minimum Gasteiger partial charge on any atom is -0.200 e. The number of halogens is 16. The number of alkyl halides is 16. The number of hydrogen-bond acceptors (Lipinski definition) is 0. The van der Waals surface area contributed by atoms with Crippen molar-refractivity contribution >= 4 is 0 Å². The molecule has 0 nitrogen and oxygen atoms in total. The summed E-state index contributed by atoms with van der Waals surface area (Å²) in [5.41, 5.74) is 0. The highest BCUT2D eigenvalue weighted by Crippen LogP contribution is 2.85. The van der Waals surface area contributed by atoms with E-state index in [1.54, 1.807) is 0 Å². The maximum Gasteiger partial charge on any atom is 0.314 e. The highest BCUT2D eigenvalue weighted by molar-refractivity contribution is 5.34. The van der Waals surface area contributed by atoms with Crippen molar-refractivity contribution in [3.8, 4) is 0 Å². The minimum absolute atomic E-state index is 3.84. The van der Waals surface area contributed by atoms with Crippen molar-refractivity contribution in [1.82, 2.24) is 0 Å². The Bertz CT molecular complexity index is 656. The molecule has 5 aliphatic carbocycles. The van der Waals surface area contributed by atoms with Gasteiger partial charge in [-0.3, -0.25) is 0 Å². The van der Waals surface area contributed by atoms with E-state index in [2.05, 4.69) is 0 Å². The lowest BCUT2D eigenvalue weighted by atomic mass is 9.33. The summed E-state index contributed by atoms with van der Waals surface area (Å²) < 4.78 is 225. The Labute approximate surface area is 166 Å². The average molecular weight is 504 g/mol. The van der Waals surface area contributed by atoms with Gasteiger partial charge in [0.15, 0.2) is 0 Å². The van der Waals surface area contributed by atoms with Crippen LogP contribution >= 0.6 is 0 Å². The van der Waals surface area contributed by atoms with Gasteiger partial charge in [0, 0.05) is 47.3 Å². The second-order valence-electron chi connectivity index (χ2n) is 9.19. The van der Waals surface area contributed by atoms with Crippen molar-refractivity contribution in [2.24, 2.45) is 47.3 Å². The van der Waals surface area contributed by atoms with Crippen LogP contribution in [0.4, 0.5) is 70.2 Å². The van der Waals surface area contributed by atoms with E-state index in [0.717, 1.165) is 0 Å². The maximum absolute atomic E-state index is 14.1. The van der Waals surface area contributed by atoms with Gasteiger partial charge >= 0.3 is 47.4 Å². The molecule has 5 rings (SSSR count). The summed E-state index contributed by atoms with van der Waals surface area (Å²) in [6.45, 7) is 0. The minimum atomic E-state index is -5.74. The normalized spacial score (nSPS) is 52.5. The van der Waals surface area contributed by atoms with Crippen molar-refractivity contribution in [2.75, 3.05) is 0 Å². The molecule has 5 aliphatic rings. The molecular weight excluding hydrogens is 496 g/mol. The van der Waals surface area contributed by atoms with Gasteiger partial charge in [0.1, 0.15) is 0 Å². The summed E-state index contributed by atoms with van der Waals surface area (Å²) >= 11 is 0. The standard InChI is InChI=1S/C16H8F16/c17-9(18)1-2(10(9,19)20)4-6(14(27,28)13(4,25)26)8-7(15(29,30)16(8,31)32)5-3(1)11(21,22)12(5,23)24/h1-8H. The molecule has 0 bridgehead atoms. The van der Waals surface area contributed by atoms with Crippen LogP contribution in [-0.2, 0) is 0 Å². The van der Waals surface area contributed by atoms with Crippen molar-refractivity contribution < 1.29 is 70.2 Å². The van der Waals surface area contributed by atoms with Crippen molar-refractivity contribution in [3.63, 3.8) is 0 Å². The topological polar surface area (TPSA) is 0 Å². The molecule has 32 heavy (non-hydrogen) atoms. The first kappa shape index (κ1) is 22.7. The number of fused-ring (bicyclic) bond motifs is 8. The monoisotopic (exact) mass is 504 g/mol. The third-order valence-corrected chi connectivity index (χ3v) is 8.22. The molecule has 0 heterocycles. The molecule has 0 aromatic heterocycles. The lowest BCUT2D eigenvalue weighted by Crippen LogP contribution is -2.91. The summed E-state index contributed by atoms with van der Waals surface area (Å²) in [7, 11) is 0. The molecule has 0 amide bonds. The summed E-state index contributed by atoms with van der Waals surface area (Å²) in [6, 6.07) is 0. The van der Waals surface area contributed by atoms with Crippen LogP contribution < -0.4 is 0 Å². The Morgan fingerprint density at radius 1 is 0.188 bits per heavy atom. The summed E-state index contributed by atoms with van der Waals surface area (Å²) in [5, 5.41) is 0. The van der Waals surface area contributed by atoms with E-state index >= 15 is 0 Å². The molecule has 16 heteroatoms. The zero-order valence-corrected chi connectivity index (χ0v) is 14.7. The third kappa shape index (κ3) is 1.70. The smallest absolute Gasteiger partial charge is 0.200 e. The molecule has 0 atom stereocenters. The highest BCUT2D eigenvalue weighted by Gasteiger charge is 3.02. The first-order valence-corrected chi connectivity index (χ1v) is 9.00. The lowest BCUT2D eigenvalue weighted by molar-refractivity contribution is -0.528. The van der Waals surface area contributed by atoms with Gasteiger partial charge in [-0.05, 0) is 0 Å². The Morgan fingerprint density at radius 2 is 0.250 bits per heavy atom. The Morgan fingerprint density at radius 3 is 0.312 bits per heavy atom. The summed E-state index contributed by atoms with van der Waals surface area (Å²) in [6.07, 6.45) is 0.